The van der Waals surface area contributed by atoms with E-state index in [9.17, 15) is 0 Å². The molecule has 0 spiro atoms. The third-order valence-electron chi connectivity index (χ3n) is 3.27. The highest BCUT2D eigenvalue weighted by Crippen LogP contribution is 2.27. The molecule has 0 radical (unpaired) electrons. The van der Waals surface area contributed by atoms with Crippen LogP contribution in [-0.2, 0) is 0 Å². The molecule has 0 aromatic heterocycles. The van der Waals surface area contributed by atoms with Gasteiger partial charge in [-0.05, 0) is 44.8 Å². The van der Waals surface area contributed by atoms with Crippen molar-refractivity contribution in [1.29, 1.82) is 0 Å². The fourth-order valence-corrected chi connectivity index (χ4v) is 2.73. The van der Waals surface area contributed by atoms with Crippen LogP contribution >= 0.6 is 12.2 Å². The van der Waals surface area contributed by atoms with Crippen molar-refractivity contribution < 1.29 is 0 Å². The molecule has 2 aliphatic rings. The Hall–Kier alpha value is -0.310. The highest BCUT2D eigenvalue weighted by Gasteiger charge is 2.30. The van der Waals surface area contributed by atoms with E-state index in [0.29, 0.717) is 6.04 Å². The first-order valence-electron chi connectivity index (χ1n) is 5.88. The van der Waals surface area contributed by atoms with E-state index in [-0.39, 0.29) is 0 Å². The molecule has 3 heteroatoms. The van der Waals surface area contributed by atoms with E-state index >= 15 is 0 Å². The van der Waals surface area contributed by atoms with Crippen LogP contribution in [0.4, 0.5) is 0 Å². The smallest absolute Gasteiger partial charge is 0.169 e. The first-order chi connectivity index (χ1) is 6.81. The summed E-state index contributed by atoms with van der Waals surface area (Å²) in [6.07, 6.45) is 8.02. The third kappa shape index (κ3) is 2.38. The van der Waals surface area contributed by atoms with Gasteiger partial charge in [-0.3, -0.25) is 0 Å². The van der Waals surface area contributed by atoms with Crippen LogP contribution in [0, 0.1) is 0 Å². The predicted molar refractivity (Wildman–Crippen MR) is 63.4 cm³/mol. The highest BCUT2D eigenvalue weighted by atomic mass is 32.1. The lowest BCUT2D eigenvalue weighted by molar-refractivity contribution is 0.414. The molecule has 0 amide bonds. The molecule has 14 heavy (non-hydrogen) atoms. The summed E-state index contributed by atoms with van der Waals surface area (Å²) in [5.41, 5.74) is 0. The van der Waals surface area contributed by atoms with Crippen molar-refractivity contribution in [3.8, 4) is 0 Å². The second kappa shape index (κ2) is 4.47. The zero-order valence-electron chi connectivity index (χ0n) is 8.96. The molecule has 1 N–H and O–H groups in total. The molecule has 2 nitrogen and oxygen atoms in total. The van der Waals surface area contributed by atoms with Crippen LogP contribution in [0.25, 0.3) is 0 Å². The van der Waals surface area contributed by atoms with Crippen LogP contribution in [0.15, 0.2) is 0 Å². The molecule has 0 aliphatic heterocycles. The van der Waals surface area contributed by atoms with Gasteiger partial charge in [-0.1, -0.05) is 12.8 Å². The number of hydrogen-bond acceptors (Lipinski definition) is 1. The quantitative estimate of drug-likeness (QED) is 0.723. The molecule has 2 fully saturated rings. The van der Waals surface area contributed by atoms with Crippen LogP contribution < -0.4 is 5.32 Å². The second-order valence-electron chi connectivity index (χ2n) is 4.45. The van der Waals surface area contributed by atoms with Crippen molar-refractivity contribution in [2.45, 2.75) is 57.5 Å². The molecule has 2 aliphatic carbocycles. The van der Waals surface area contributed by atoms with Gasteiger partial charge in [0.05, 0.1) is 0 Å². The van der Waals surface area contributed by atoms with E-state index < -0.39 is 0 Å². The summed E-state index contributed by atoms with van der Waals surface area (Å²) in [6, 6.07) is 1.41. The fourth-order valence-electron chi connectivity index (χ4n) is 2.28. The molecule has 2 rings (SSSR count). The van der Waals surface area contributed by atoms with Crippen molar-refractivity contribution in [3.05, 3.63) is 0 Å². The van der Waals surface area contributed by atoms with Crippen molar-refractivity contribution in [3.63, 3.8) is 0 Å². The minimum absolute atomic E-state index is 0.662. The van der Waals surface area contributed by atoms with Gasteiger partial charge in [0.25, 0.3) is 0 Å². The monoisotopic (exact) mass is 212 g/mol. The predicted octanol–water partition coefficient (Wildman–Crippen LogP) is 2.29. The Morgan fingerprint density at radius 1 is 1.29 bits per heavy atom. The molecule has 0 aromatic carbocycles. The average Bonchev–Trinajstić information content (AvgIpc) is 2.86. The summed E-state index contributed by atoms with van der Waals surface area (Å²) < 4.78 is 0. The van der Waals surface area contributed by atoms with Crippen LogP contribution in [0.5, 0.6) is 0 Å². The topological polar surface area (TPSA) is 15.3 Å². The third-order valence-corrected chi connectivity index (χ3v) is 3.62. The molecule has 0 atom stereocenters. The first kappa shape index (κ1) is 10.2. The Kier molecular flexibility index (Phi) is 3.26. The summed E-state index contributed by atoms with van der Waals surface area (Å²) >= 11 is 5.44. The minimum Gasteiger partial charge on any atom is -0.360 e. The lowest BCUT2D eigenvalue weighted by Crippen LogP contribution is -2.44. The Bertz CT molecular complexity index is 207. The number of rotatable bonds is 3. The van der Waals surface area contributed by atoms with Gasteiger partial charge in [0.2, 0.25) is 0 Å². The largest absolute Gasteiger partial charge is 0.360 e. The first-order valence-corrected chi connectivity index (χ1v) is 6.29. The van der Waals surface area contributed by atoms with Gasteiger partial charge < -0.3 is 10.2 Å². The molecule has 0 aromatic rings. The van der Waals surface area contributed by atoms with Crippen molar-refractivity contribution >= 4 is 17.3 Å². The van der Waals surface area contributed by atoms with Gasteiger partial charge in [-0.15, -0.1) is 0 Å². The molecule has 2 saturated carbocycles. The fraction of sp³-hybridized carbons (Fsp3) is 0.909. The molecule has 0 saturated heterocycles. The Balaban J connectivity index is 1.80. The Labute approximate surface area is 92.0 Å². The van der Waals surface area contributed by atoms with E-state index in [0.717, 1.165) is 17.7 Å². The maximum Gasteiger partial charge on any atom is 0.169 e. The van der Waals surface area contributed by atoms with Gasteiger partial charge in [-0.25, -0.2) is 0 Å². The van der Waals surface area contributed by atoms with Crippen LogP contribution in [0.2, 0.25) is 0 Å². The highest BCUT2D eigenvalue weighted by molar-refractivity contribution is 7.80. The van der Waals surface area contributed by atoms with E-state index in [2.05, 4.69) is 17.1 Å². The standard InChI is InChI=1S/C11H20N2S/c1-2-13(10-7-8-10)11(14)12-9-5-3-4-6-9/h9-10H,2-8H2,1H3,(H,12,14). The SMILES string of the molecule is CCN(C(=S)NC1CCCC1)C1CC1. The maximum absolute atomic E-state index is 5.44. The minimum atomic E-state index is 0.662. The molecular formula is C11H20N2S. The normalized spacial score (nSPS) is 22.4. The van der Waals surface area contributed by atoms with E-state index in [4.69, 9.17) is 12.2 Å². The van der Waals surface area contributed by atoms with Crippen LogP contribution in [0.3, 0.4) is 0 Å². The maximum atomic E-state index is 5.44. The molecular weight excluding hydrogens is 192 g/mol. The van der Waals surface area contributed by atoms with Gasteiger partial charge in [0.15, 0.2) is 5.11 Å². The van der Waals surface area contributed by atoms with Gasteiger partial charge in [0.1, 0.15) is 0 Å². The summed E-state index contributed by atoms with van der Waals surface area (Å²) in [5, 5.41) is 4.51. The number of thiocarbonyl (C=S) groups is 1. The van der Waals surface area contributed by atoms with Crippen LogP contribution in [-0.4, -0.2) is 28.6 Å². The molecule has 0 unspecified atom stereocenters. The van der Waals surface area contributed by atoms with Gasteiger partial charge >= 0.3 is 0 Å². The zero-order valence-corrected chi connectivity index (χ0v) is 9.78. The van der Waals surface area contributed by atoms with Crippen molar-refractivity contribution in [1.82, 2.24) is 10.2 Å². The molecule has 80 valence electrons. The summed E-state index contributed by atoms with van der Waals surface area (Å²) in [4.78, 5) is 2.35. The zero-order chi connectivity index (χ0) is 9.97. The van der Waals surface area contributed by atoms with Crippen molar-refractivity contribution in [2.24, 2.45) is 0 Å². The number of nitrogens with zero attached hydrogens (tertiary/aromatic N) is 1. The van der Waals surface area contributed by atoms with E-state index in [1.54, 1.807) is 0 Å². The van der Waals surface area contributed by atoms with E-state index in [1.165, 1.54) is 38.5 Å². The summed E-state index contributed by atoms with van der Waals surface area (Å²) in [5.74, 6) is 0. The Morgan fingerprint density at radius 2 is 1.93 bits per heavy atom. The van der Waals surface area contributed by atoms with Crippen molar-refractivity contribution in [2.75, 3.05) is 6.54 Å². The summed E-state index contributed by atoms with van der Waals surface area (Å²) in [6.45, 7) is 3.25. The molecule has 0 heterocycles. The number of hydrogen-bond donors (Lipinski definition) is 1. The summed E-state index contributed by atoms with van der Waals surface area (Å²) in [7, 11) is 0. The second-order valence-corrected chi connectivity index (χ2v) is 4.83. The average molecular weight is 212 g/mol. The lowest BCUT2D eigenvalue weighted by atomic mass is 10.2. The Morgan fingerprint density at radius 3 is 2.43 bits per heavy atom. The van der Waals surface area contributed by atoms with Gasteiger partial charge in [-0.2, -0.15) is 0 Å². The van der Waals surface area contributed by atoms with E-state index in [1.807, 2.05) is 0 Å². The van der Waals surface area contributed by atoms with Crippen LogP contribution in [0.1, 0.15) is 45.4 Å². The lowest BCUT2D eigenvalue weighted by Gasteiger charge is -2.26. The van der Waals surface area contributed by atoms with Gasteiger partial charge in [0, 0.05) is 18.6 Å². The molecule has 0 bridgehead atoms. The number of nitrogens with one attached hydrogen (secondary N) is 1.